The number of halogens is 1. The molecule has 1 aromatic carbocycles. The number of aromatic nitrogens is 2. The molecule has 1 amide bonds. The van der Waals surface area contributed by atoms with Crippen LogP contribution in [0.3, 0.4) is 0 Å². The third-order valence-electron chi connectivity index (χ3n) is 5.69. The van der Waals surface area contributed by atoms with Crippen LogP contribution >= 0.6 is 0 Å². The van der Waals surface area contributed by atoms with Gasteiger partial charge in [0, 0.05) is 24.2 Å². The van der Waals surface area contributed by atoms with Crippen molar-refractivity contribution in [2.75, 3.05) is 6.54 Å². The zero-order valence-corrected chi connectivity index (χ0v) is 16.5. The predicted octanol–water partition coefficient (Wildman–Crippen LogP) is 3.99. The third-order valence-corrected chi connectivity index (χ3v) is 5.69. The second-order valence-electron chi connectivity index (χ2n) is 7.55. The minimum atomic E-state index is -0.356. The van der Waals surface area contributed by atoms with Gasteiger partial charge in [-0.3, -0.25) is 14.2 Å². The lowest BCUT2D eigenvalue weighted by Gasteiger charge is -2.35. The highest BCUT2D eigenvalue weighted by Crippen LogP contribution is 2.22. The van der Waals surface area contributed by atoms with E-state index in [1.807, 2.05) is 11.0 Å². The number of pyridine rings is 2. The van der Waals surface area contributed by atoms with Gasteiger partial charge >= 0.3 is 0 Å². The molecule has 3 aromatic rings. The highest BCUT2D eigenvalue weighted by Gasteiger charge is 2.28. The summed E-state index contributed by atoms with van der Waals surface area (Å²) in [6, 6.07) is 11.5. The molecular formula is C23H24FN3O2. The standard InChI is InChI=1S/C23H24FN3O2/c1-2-19-7-3-4-13-26(19)22(28)20-14-17-6-5-12-25-21(17)27(23(20)29)15-16-8-10-18(24)11-9-16/h5-6,8-12,14,19H,2-4,7,13,15H2,1H3/t19-/m1/s1. The van der Waals surface area contributed by atoms with Gasteiger partial charge < -0.3 is 4.90 Å². The lowest BCUT2D eigenvalue weighted by atomic mass is 9.99. The van der Waals surface area contributed by atoms with E-state index in [1.54, 1.807) is 30.5 Å². The molecular weight excluding hydrogens is 369 g/mol. The summed E-state index contributed by atoms with van der Waals surface area (Å²) in [5.74, 6) is -0.538. The van der Waals surface area contributed by atoms with Crippen LogP contribution in [0.2, 0.25) is 0 Å². The summed E-state index contributed by atoms with van der Waals surface area (Å²) in [5, 5.41) is 0.739. The molecule has 1 saturated heterocycles. The number of amides is 1. The van der Waals surface area contributed by atoms with Crippen LogP contribution in [0, 0.1) is 5.82 Å². The summed E-state index contributed by atoms with van der Waals surface area (Å²) in [4.78, 5) is 32.9. The van der Waals surface area contributed by atoms with E-state index >= 15 is 0 Å². The Morgan fingerprint density at radius 1 is 1.21 bits per heavy atom. The fourth-order valence-electron chi connectivity index (χ4n) is 4.13. The third kappa shape index (κ3) is 3.79. The number of rotatable bonds is 4. The summed E-state index contributed by atoms with van der Waals surface area (Å²) in [7, 11) is 0. The summed E-state index contributed by atoms with van der Waals surface area (Å²) in [6.07, 6.45) is 5.55. The minimum Gasteiger partial charge on any atom is -0.336 e. The van der Waals surface area contributed by atoms with Gasteiger partial charge in [-0.1, -0.05) is 19.1 Å². The van der Waals surface area contributed by atoms with Gasteiger partial charge in [-0.05, 0) is 61.6 Å². The van der Waals surface area contributed by atoms with E-state index in [-0.39, 0.29) is 35.4 Å². The molecule has 0 radical (unpaired) electrons. The number of carbonyl (C=O) groups excluding carboxylic acids is 1. The Balaban J connectivity index is 1.81. The summed E-state index contributed by atoms with van der Waals surface area (Å²) in [5.41, 5.74) is 1.11. The van der Waals surface area contributed by atoms with Crippen molar-refractivity contribution in [2.24, 2.45) is 0 Å². The fraction of sp³-hybridized carbons (Fsp3) is 0.348. The van der Waals surface area contributed by atoms with Crippen LogP contribution in [-0.4, -0.2) is 32.9 Å². The van der Waals surface area contributed by atoms with Gasteiger partial charge in [0.05, 0.1) is 6.54 Å². The van der Waals surface area contributed by atoms with Crippen molar-refractivity contribution in [3.8, 4) is 0 Å². The Morgan fingerprint density at radius 2 is 2.00 bits per heavy atom. The van der Waals surface area contributed by atoms with E-state index in [0.29, 0.717) is 12.2 Å². The first-order chi connectivity index (χ1) is 14.1. The number of piperidine rings is 1. The van der Waals surface area contributed by atoms with Crippen molar-refractivity contribution in [3.05, 3.63) is 76.0 Å². The molecule has 1 aliphatic rings. The van der Waals surface area contributed by atoms with Crippen molar-refractivity contribution in [1.29, 1.82) is 0 Å². The average molecular weight is 393 g/mol. The van der Waals surface area contributed by atoms with Crippen LogP contribution in [-0.2, 0) is 6.54 Å². The maximum atomic E-state index is 13.3. The van der Waals surface area contributed by atoms with E-state index in [0.717, 1.165) is 36.6 Å². The van der Waals surface area contributed by atoms with E-state index < -0.39 is 0 Å². The Hall–Kier alpha value is -3.02. The van der Waals surface area contributed by atoms with Crippen molar-refractivity contribution in [1.82, 2.24) is 14.5 Å². The first kappa shape index (κ1) is 19.3. The lowest BCUT2D eigenvalue weighted by molar-refractivity contribution is 0.0606. The summed E-state index contributed by atoms with van der Waals surface area (Å²) >= 11 is 0. The summed E-state index contributed by atoms with van der Waals surface area (Å²) in [6.45, 7) is 2.98. The molecule has 6 heteroatoms. The normalized spacial score (nSPS) is 16.9. The topological polar surface area (TPSA) is 55.2 Å². The molecule has 150 valence electrons. The highest BCUT2D eigenvalue weighted by molar-refractivity contribution is 5.97. The van der Waals surface area contributed by atoms with Crippen LogP contribution in [0.5, 0.6) is 0 Å². The molecule has 0 N–H and O–H groups in total. The molecule has 3 heterocycles. The first-order valence-electron chi connectivity index (χ1n) is 10.1. The van der Waals surface area contributed by atoms with Crippen molar-refractivity contribution in [3.63, 3.8) is 0 Å². The number of likely N-dealkylation sites (tertiary alicyclic amines) is 1. The molecule has 5 nitrogen and oxygen atoms in total. The Morgan fingerprint density at radius 3 is 2.76 bits per heavy atom. The molecule has 0 bridgehead atoms. The predicted molar refractivity (Wildman–Crippen MR) is 110 cm³/mol. The lowest BCUT2D eigenvalue weighted by Crippen LogP contribution is -2.45. The smallest absolute Gasteiger partial charge is 0.265 e. The van der Waals surface area contributed by atoms with Crippen LogP contribution in [0.1, 0.15) is 48.5 Å². The van der Waals surface area contributed by atoms with Crippen molar-refractivity contribution < 1.29 is 9.18 Å². The van der Waals surface area contributed by atoms with Gasteiger partial charge in [0.2, 0.25) is 0 Å². The largest absolute Gasteiger partial charge is 0.336 e. The number of hydrogen-bond donors (Lipinski definition) is 0. The van der Waals surface area contributed by atoms with Crippen LogP contribution in [0.4, 0.5) is 4.39 Å². The van der Waals surface area contributed by atoms with Crippen LogP contribution in [0.15, 0.2) is 53.5 Å². The molecule has 29 heavy (non-hydrogen) atoms. The quantitative estimate of drug-likeness (QED) is 0.674. The van der Waals surface area contributed by atoms with Gasteiger partial charge in [0.1, 0.15) is 17.0 Å². The zero-order chi connectivity index (χ0) is 20.4. The molecule has 1 aliphatic heterocycles. The van der Waals surface area contributed by atoms with Gasteiger partial charge in [0.15, 0.2) is 0 Å². The molecule has 0 aliphatic carbocycles. The molecule has 0 spiro atoms. The number of carbonyl (C=O) groups is 1. The molecule has 4 rings (SSSR count). The second-order valence-corrected chi connectivity index (χ2v) is 7.55. The van der Waals surface area contributed by atoms with E-state index in [1.165, 1.54) is 16.7 Å². The molecule has 0 unspecified atom stereocenters. The molecule has 1 fully saturated rings. The van der Waals surface area contributed by atoms with E-state index in [9.17, 15) is 14.0 Å². The van der Waals surface area contributed by atoms with Gasteiger partial charge in [0.25, 0.3) is 11.5 Å². The number of benzene rings is 1. The molecule has 0 saturated carbocycles. The van der Waals surface area contributed by atoms with E-state index in [4.69, 9.17) is 0 Å². The minimum absolute atomic E-state index is 0.172. The van der Waals surface area contributed by atoms with Crippen LogP contribution in [0.25, 0.3) is 11.0 Å². The van der Waals surface area contributed by atoms with Crippen molar-refractivity contribution >= 4 is 16.9 Å². The Labute approximate surface area is 168 Å². The maximum Gasteiger partial charge on any atom is 0.265 e. The molecule has 2 aromatic heterocycles. The number of fused-ring (bicyclic) bond motifs is 1. The zero-order valence-electron chi connectivity index (χ0n) is 16.5. The number of hydrogen-bond acceptors (Lipinski definition) is 3. The van der Waals surface area contributed by atoms with Gasteiger partial charge in [-0.2, -0.15) is 0 Å². The monoisotopic (exact) mass is 393 g/mol. The van der Waals surface area contributed by atoms with Crippen LogP contribution < -0.4 is 5.56 Å². The van der Waals surface area contributed by atoms with Gasteiger partial charge in [-0.15, -0.1) is 0 Å². The van der Waals surface area contributed by atoms with E-state index in [2.05, 4.69) is 11.9 Å². The first-order valence-corrected chi connectivity index (χ1v) is 10.1. The maximum absolute atomic E-state index is 13.3. The highest BCUT2D eigenvalue weighted by atomic mass is 19.1. The molecule has 1 atom stereocenters. The fourth-order valence-corrected chi connectivity index (χ4v) is 4.13. The van der Waals surface area contributed by atoms with Gasteiger partial charge in [-0.25, -0.2) is 9.37 Å². The average Bonchev–Trinajstić information content (AvgIpc) is 2.76. The number of nitrogens with zero attached hydrogens (tertiary/aromatic N) is 3. The van der Waals surface area contributed by atoms with Crippen molar-refractivity contribution in [2.45, 2.75) is 45.2 Å². The SMILES string of the molecule is CC[C@@H]1CCCCN1C(=O)c1cc2cccnc2n(Cc2ccc(F)cc2)c1=O. The summed E-state index contributed by atoms with van der Waals surface area (Å²) < 4.78 is 14.8. The Kier molecular flexibility index (Phi) is 5.43. The Bertz CT molecular complexity index is 1090. The second kappa shape index (κ2) is 8.15.